The van der Waals surface area contributed by atoms with Gasteiger partial charge < -0.3 is 10.4 Å². The molecule has 2 nitrogen and oxygen atoms in total. The second-order valence-electron chi connectivity index (χ2n) is 3.51. The number of anilines is 1. The van der Waals surface area contributed by atoms with Gasteiger partial charge >= 0.3 is 0 Å². The number of phenolic OH excluding ortho intramolecular Hbond substituents is 1. The smallest absolute Gasteiger partial charge is 0.126 e. The lowest BCUT2D eigenvalue weighted by molar-refractivity contribution is 0.476. The number of hydrogen-bond acceptors (Lipinski definition) is 2. The van der Waals surface area contributed by atoms with Crippen LogP contribution in [0.5, 0.6) is 5.75 Å². The van der Waals surface area contributed by atoms with E-state index in [9.17, 15) is 9.50 Å². The van der Waals surface area contributed by atoms with E-state index in [0.717, 1.165) is 16.5 Å². The van der Waals surface area contributed by atoms with Gasteiger partial charge in [0.05, 0.1) is 0 Å². The maximum atomic E-state index is 13.4. The molecule has 0 fully saturated rings. The molecule has 3 heteroatoms. The summed E-state index contributed by atoms with van der Waals surface area (Å²) in [5.74, 6) is -0.0532. The summed E-state index contributed by atoms with van der Waals surface area (Å²) >= 11 is 0. The third kappa shape index (κ3) is 1.50. The van der Waals surface area contributed by atoms with Crippen molar-refractivity contribution in [3.63, 3.8) is 0 Å². The van der Waals surface area contributed by atoms with E-state index in [2.05, 4.69) is 5.32 Å². The lowest BCUT2D eigenvalue weighted by Gasteiger charge is -2.10. The molecular weight excluding hydrogens is 193 g/mol. The molecule has 0 aromatic heterocycles. The van der Waals surface area contributed by atoms with E-state index < -0.39 is 0 Å². The Labute approximate surface area is 87.4 Å². The van der Waals surface area contributed by atoms with Gasteiger partial charge in [-0.25, -0.2) is 4.39 Å². The lowest BCUT2D eigenvalue weighted by Crippen LogP contribution is -1.93. The molecule has 0 amide bonds. The molecule has 0 radical (unpaired) electrons. The van der Waals surface area contributed by atoms with Crippen LogP contribution in [0.15, 0.2) is 24.3 Å². The van der Waals surface area contributed by atoms with E-state index in [-0.39, 0.29) is 11.6 Å². The highest BCUT2D eigenvalue weighted by molar-refractivity contribution is 5.97. The quantitative estimate of drug-likeness (QED) is 0.750. The fraction of sp³-hybridized carbons (Fsp3) is 0.167. The molecular formula is C12H12FNO. The SMILES string of the molecule is CNc1cc(O)cc2ccc(F)c(C)c12. The van der Waals surface area contributed by atoms with E-state index in [1.165, 1.54) is 6.07 Å². The first-order valence-corrected chi connectivity index (χ1v) is 4.73. The zero-order valence-electron chi connectivity index (χ0n) is 8.63. The summed E-state index contributed by atoms with van der Waals surface area (Å²) in [6, 6.07) is 6.30. The Hall–Kier alpha value is -1.77. The van der Waals surface area contributed by atoms with Crippen LogP contribution in [0.25, 0.3) is 10.8 Å². The Morgan fingerprint density at radius 1 is 1.27 bits per heavy atom. The molecule has 2 rings (SSSR count). The predicted octanol–water partition coefficient (Wildman–Crippen LogP) is 3.03. The average molecular weight is 205 g/mol. The third-order valence-corrected chi connectivity index (χ3v) is 2.57. The van der Waals surface area contributed by atoms with Crippen LogP contribution in [0.4, 0.5) is 10.1 Å². The molecule has 0 unspecified atom stereocenters. The molecule has 2 aromatic rings. The molecule has 0 aliphatic rings. The van der Waals surface area contributed by atoms with Gasteiger partial charge in [0.15, 0.2) is 0 Å². The van der Waals surface area contributed by atoms with E-state index >= 15 is 0 Å². The highest BCUT2D eigenvalue weighted by Crippen LogP contribution is 2.32. The fourth-order valence-electron chi connectivity index (χ4n) is 1.80. The maximum Gasteiger partial charge on any atom is 0.126 e. The number of benzene rings is 2. The summed E-state index contributed by atoms with van der Waals surface area (Å²) in [4.78, 5) is 0. The fourth-order valence-corrected chi connectivity index (χ4v) is 1.80. The van der Waals surface area contributed by atoms with Crippen LogP contribution in [-0.4, -0.2) is 12.2 Å². The lowest BCUT2D eigenvalue weighted by atomic mass is 10.0. The number of aryl methyl sites for hydroxylation is 1. The van der Waals surface area contributed by atoms with Gasteiger partial charge in [0.1, 0.15) is 11.6 Å². The molecule has 0 bridgehead atoms. The minimum absolute atomic E-state index is 0.179. The summed E-state index contributed by atoms with van der Waals surface area (Å²) in [5.41, 5.74) is 1.33. The average Bonchev–Trinajstić information content (AvgIpc) is 2.22. The van der Waals surface area contributed by atoms with Crippen molar-refractivity contribution >= 4 is 16.5 Å². The molecule has 0 heterocycles. The number of halogens is 1. The molecule has 2 aromatic carbocycles. The van der Waals surface area contributed by atoms with Gasteiger partial charge in [-0.2, -0.15) is 0 Å². The van der Waals surface area contributed by atoms with Crippen molar-refractivity contribution in [2.24, 2.45) is 0 Å². The van der Waals surface area contributed by atoms with Crippen molar-refractivity contribution < 1.29 is 9.50 Å². The molecule has 0 saturated carbocycles. The van der Waals surface area contributed by atoms with Crippen molar-refractivity contribution in [2.75, 3.05) is 12.4 Å². The van der Waals surface area contributed by atoms with Crippen molar-refractivity contribution in [1.29, 1.82) is 0 Å². The topological polar surface area (TPSA) is 32.3 Å². The molecule has 0 saturated heterocycles. The first-order valence-electron chi connectivity index (χ1n) is 4.73. The van der Waals surface area contributed by atoms with Crippen molar-refractivity contribution in [1.82, 2.24) is 0 Å². The maximum absolute atomic E-state index is 13.4. The number of aromatic hydroxyl groups is 1. The molecule has 0 spiro atoms. The summed E-state index contributed by atoms with van der Waals surface area (Å²) in [5, 5.41) is 14.1. The van der Waals surface area contributed by atoms with Gasteiger partial charge in [-0.3, -0.25) is 0 Å². The molecule has 78 valence electrons. The normalized spacial score (nSPS) is 10.6. The summed E-state index contributed by atoms with van der Waals surface area (Å²) < 4.78 is 13.4. The molecule has 0 aliphatic heterocycles. The third-order valence-electron chi connectivity index (χ3n) is 2.57. The van der Waals surface area contributed by atoms with Crippen LogP contribution in [0.2, 0.25) is 0 Å². The van der Waals surface area contributed by atoms with E-state index in [1.54, 1.807) is 32.2 Å². The van der Waals surface area contributed by atoms with Gasteiger partial charge in [-0.05, 0) is 30.0 Å². The van der Waals surface area contributed by atoms with Crippen molar-refractivity contribution in [3.8, 4) is 5.75 Å². The predicted molar refractivity (Wildman–Crippen MR) is 59.9 cm³/mol. The zero-order chi connectivity index (χ0) is 11.0. The summed E-state index contributed by atoms with van der Waals surface area (Å²) in [7, 11) is 1.75. The minimum Gasteiger partial charge on any atom is -0.508 e. The first kappa shape index (κ1) is 9.77. The van der Waals surface area contributed by atoms with Gasteiger partial charge in [-0.15, -0.1) is 0 Å². The number of nitrogens with one attached hydrogen (secondary N) is 1. The van der Waals surface area contributed by atoms with Crippen LogP contribution >= 0.6 is 0 Å². The van der Waals surface area contributed by atoms with Gasteiger partial charge in [0, 0.05) is 24.2 Å². The van der Waals surface area contributed by atoms with E-state index in [4.69, 9.17) is 0 Å². The molecule has 0 atom stereocenters. The number of fused-ring (bicyclic) bond motifs is 1. The second kappa shape index (κ2) is 3.42. The standard InChI is InChI=1S/C12H12FNO/c1-7-10(13)4-3-8-5-9(15)6-11(14-2)12(7)8/h3-6,14-15H,1-2H3. The van der Waals surface area contributed by atoms with E-state index in [0.29, 0.717) is 5.56 Å². The van der Waals surface area contributed by atoms with Crippen LogP contribution < -0.4 is 5.32 Å². The minimum atomic E-state index is -0.232. The van der Waals surface area contributed by atoms with Gasteiger partial charge in [0.2, 0.25) is 0 Å². The van der Waals surface area contributed by atoms with Crippen LogP contribution in [0.3, 0.4) is 0 Å². The summed E-state index contributed by atoms with van der Waals surface area (Å²) in [6.07, 6.45) is 0. The highest BCUT2D eigenvalue weighted by Gasteiger charge is 2.08. The number of rotatable bonds is 1. The Bertz CT molecular complexity index is 523. The Kier molecular flexibility index (Phi) is 2.23. The largest absolute Gasteiger partial charge is 0.508 e. The van der Waals surface area contributed by atoms with Crippen LogP contribution in [0.1, 0.15) is 5.56 Å². The Morgan fingerprint density at radius 2 is 2.00 bits per heavy atom. The monoisotopic (exact) mass is 205 g/mol. The molecule has 2 N–H and O–H groups in total. The second-order valence-corrected chi connectivity index (χ2v) is 3.51. The van der Waals surface area contributed by atoms with E-state index in [1.807, 2.05) is 0 Å². The van der Waals surface area contributed by atoms with Crippen LogP contribution in [0, 0.1) is 12.7 Å². The van der Waals surface area contributed by atoms with Gasteiger partial charge in [-0.1, -0.05) is 6.07 Å². The summed E-state index contributed by atoms with van der Waals surface area (Å²) in [6.45, 7) is 1.73. The number of hydrogen-bond donors (Lipinski definition) is 2. The first-order chi connectivity index (χ1) is 7.13. The van der Waals surface area contributed by atoms with Crippen LogP contribution in [-0.2, 0) is 0 Å². The highest BCUT2D eigenvalue weighted by atomic mass is 19.1. The van der Waals surface area contributed by atoms with Crippen molar-refractivity contribution in [2.45, 2.75) is 6.92 Å². The number of phenols is 1. The van der Waals surface area contributed by atoms with Crippen molar-refractivity contribution in [3.05, 3.63) is 35.6 Å². The van der Waals surface area contributed by atoms with Gasteiger partial charge in [0.25, 0.3) is 0 Å². The Balaban J connectivity index is 2.91. The molecule has 0 aliphatic carbocycles. The Morgan fingerprint density at radius 3 is 2.67 bits per heavy atom. The zero-order valence-corrected chi connectivity index (χ0v) is 8.63. The molecule has 15 heavy (non-hydrogen) atoms.